The number of ether oxygens (including phenoxy) is 2. The van der Waals surface area contributed by atoms with Gasteiger partial charge < -0.3 is 9.47 Å². The Balaban J connectivity index is 2.28. The summed E-state index contributed by atoms with van der Waals surface area (Å²) >= 11 is 3.12. The van der Waals surface area contributed by atoms with Crippen molar-refractivity contribution in [3.05, 3.63) is 34.1 Å². The van der Waals surface area contributed by atoms with Crippen LogP contribution in [0.15, 0.2) is 22.7 Å². The van der Waals surface area contributed by atoms with Gasteiger partial charge in [-0.3, -0.25) is 0 Å². The first-order valence-electron chi connectivity index (χ1n) is 4.83. The molecule has 0 aliphatic carbocycles. The van der Waals surface area contributed by atoms with E-state index in [2.05, 4.69) is 15.9 Å². The normalized spacial score (nSPS) is 10.6. The minimum Gasteiger partial charge on any atom is -0.379 e. The van der Waals surface area contributed by atoms with Gasteiger partial charge in [-0.1, -0.05) is 6.07 Å². The van der Waals surface area contributed by atoms with Crippen LogP contribution in [0.2, 0.25) is 0 Å². The standard InChI is InChI=1S/C11H14BrFO2/c1-2-14-5-6-15-8-9-3-4-11(13)10(12)7-9/h3-4,7H,2,5-6,8H2,1H3. The molecule has 0 N–H and O–H groups in total. The second-order valence-electron chi connectivity index (χ2n) is 3.00. The van der Waals surface area contributed by atoms with Crippen LogP contribution in [0.1, 0.15) is 12.5 Å². The summed E-state index contributed by atoms with van der Waals surface area (Å²) < 4.78 is 23.8. The highest BCUT2D eigenvalue weighted by atomic mass is 79.9. The molecule has 0 bridgehead atoms. The maximum Gasteiger partial charge on any atom is 0.137 e. The first-order chi connectivity index (χ1) is 7.24. The van der Waals surface area contributed by atoms with E-state index in [9.17, 15) is 4.39 Å². The molecule has 4 heteroatoms. The molecule has 0 aromatic heterocycles. The van der Waals surface area contributed by atoms with Crippen LogP contribution in [0.25, 0.3) is 0 Å². The predicted octanol–water partition coefficient (Wildman–Crippen LogP) is 3.14. The van der Waals surface area contributed by atoms with E-state index in [1.54, 1.807) is 12.1 Å². The summed E-state index contributed by atoms with van der Waals surface area (Å²) in [6, 6.07) is 4.85. The minimum atomic E-state index is -0.256. The molecule has 0 saturated heterocycles. The average molecular weight is 277 g/mol. The molecule has 0 heterocycles. The number of hydrogen-bond donors (Lipinski definition) is 0. The van der Waals surface area contributed by atoms with E-state index in [1.165, 1.54) is 6.07 Å². The summed E-state index contributed by atoms with van der Waals surface area (Å²) in [6.45, 7) is 4.27. The zero-order chi connectivity index (χ0) is 11.1. The van der Waals surface area contributed by atoms with E-state index >= 15 is 0 Å². The summed E-state index contributed by atoms with van der Waals surface area (Å²) in [7, 11) is 0. The average Bonchev–Trinajstić information content (AvgIpc) is 2.23. The van der Waals surface area contributed by atoms with Crippen LogP contribution in [0.4, 0.5) is 4.39 Å². The molecule has 1 rings (SSSR count). The van der Waals surface area contributed by atoms with Crippen LogP contribution < -0.4 is 0 Å². The Labute approximate surface area is 97.5 Å². The molecule has 84 valence electrons. The maximum absolute atomic E-state index is 12.9. The van der Waals surface area contributed by atoms with E-state index in [-0.39, 0.29) is 5.82 Å². The highest BCUT2D eigenvalue weighted by Gasteiger charge is 2.00. The van der Waals surface area contributed by atoms with Gasteiger partial charge in [0.2, 0.25) is 0 Å². The lowest BCUT2D eigenvalue weighted by Gasteiger charge is -2.05. The van der Waals surface area contributed by atoms with Crippen molar-refractivity contribution in [3.8, 4) is 0 Å². The zero-order valence-corrected chi connectivity index (χ0v) is 10.2. The molecule has 0 aliphatic rings. The molecule has 0 aliphatic heterocycles. The molecular formula is C11H14BrFO2. The minimum absolute atomic E-state index is 0.256. The summed E-state index contributed by atoms with van der Waals surface area (Å²) in [5, 5.41) is 0. The van der Waals surface area contributed by atoms with E-state index < -0.39 is 0 Å². The fourth-order valence-corrected chi connectivity index (χ4v) is 1.51. The van der Waals surface area contributed by atoms with Gasteiger partial charge in [-0.15, -0.1) is 0 Å². The molecule has 1 aromatic carbocycles. The Morgan fingerprint density at radius 3 is 2.67 bits per heavy atom. The molecule has 2 nitrogen and oxygen atoms in total. The molecular weight excluding hydrogens is 263 g/mol. The predicted molar refractivity (Wildman–Crippen MR) is 60.2 cm³/mol. The molecule has 0 spiro atoms. The van der Waals surface area contributed by atoms with Crippen molar-refractivity contribution in [1.29, 1.82) is 0 Å². The van der Waals surface area contributed by atoms with Crippen molar-refractivity contribution < 1.29 is 13.9 Å². The van der Waals surface area contributed by atoms with Gasteiger partial charge in [0.25, 0.3) is 0 Å². The van der Waals surface area contributed by atoms with Gasteiger partial charge >= 0.3 is 0 Å². The second-order valence-corrected chi connectivity index (χ2v) is 3.85. The van der Waals surface area contributed by atoms with Gasteiger partial charge in [0.1, 0.15) is 5.82 Å². The topological polar surface area (TPSA) is 18.5 Å². The van der Waals surface area contributed by atoms with Gasteiger partial charge in [-0.05, 0) is 40.5 Å². The third kappa shape index (κ3) is 4.73. The fourth-order valence-electron chi connectivity index (χ4n) is 1.08. The van der Waals surface area contributed by atoms with Crippen molar-refractivity contribution in [2.24, 2.45) is 0 Å². The molecule has 0 fully saturated rings. The van der Waals surface area contributed by atoms with Crippen molar-refractivity contribution in [1.82, 2.24) is 0 Å². The molecule has 0 unspecified atom stereocenters. The number of benzene rings is 1. The smallest absolute Gasteiger partial charge is 0.137 e. The molecule has 0 saturated carbocycles. The van der Waals surface area contributed by atoms with Crippen LogP contribution in [0, 0.1) is 5.82 Å². The summed E-state index contributed by atoms with van der Waals surface area (Å²) in [5.41, 5.74) is 0.944. The first-order valence-corrected chi connectivity index (χ1v) is 5.62. The van der Waals surface area contributed by atoms with Gasteiger partial charge in [-0.2, -0.15) is 0 Å². The quantitative estimate of drug-likeness (QED) is 0.744. The first kappa shape index (κ1) is 12.6. The van der Waals surface area contributed by atoms with Crippen molar-refractivity contribution in [2.45, 2.75) is 13.5 Å². The van der Waals surface area contributed by atoms with E-state index in [0.717, 1.165) is 5.56 Å². The zero-order valence-electron chi connectivity index (χ0n) is 8.63. The van der Waals surface area contributed by atoms with Crippen LogP contribution >= 0.6 is 15.9 Å². The number of rotatable bonds is 6. The monoisotopic (exact) mass is 276 g/mol. The van der Waals surface area contributed by atoms with Crippen molar-refractivity contribution in [3.63, 3.8) is 0 Å². The molecule has 15 heavy (non-hydrogen) atoms. The third-order valence-electron chi connectivity index (χ3n) is 1.83. The van der Waals surface area contributed by atoms with Gasteiger partial charge in [0.15, 0.2) is 0 Å². The Bertz CT molecular complexity index is 305. The van der Waals surface area contributed by atoms with Crippen LogP contribution in [0.3, 0.4) is 0 Å². The lowest BCUT2D eigenvalue weighted by Crippen LogP contribution is -2.03. The Hall–Kier alpha value is -0.450. The van der Waals surface area contributed by atoms with Gasteiger partial charge in [0, 0.05) is 6.61 Å². The van der Waals surface area contributed by atoms with Gasteiger partial charge in [0.05, 0.1) is 24.3 Å². The van der Waals surface area contributed by atoms with E-state index in [1.807, 2.05) is 6.92 Å². The highest BCUT2D eigenvalue weighted by molar-refractivity contribution is 9.10. The Morgan fingerprint density at radius 1 is 1.27 bits per heavy atom. The van der Waals surface area contributed by atoms with Crippen molar-refractivity contribution >= 4 is 15.9 Å². The number of hydrogen-bond acceptors (Lipinski definition) is 2. The molecule has 1 aromatic rings. The largest absolute Gasteiger partial charge is 0.379 e. The summed E-state index contributed by atoms with van der Waals surface area (Å²) in [4.78, 5) is 0. The molecule has 0 amide bonds. The second kappa shape index (κ2) is 6.93. The van der Waals surface area contributed by atoms with E-state index in [0.29, 0.717) is 30.9 Å². The highest BCUT2D eigenvalue weighted by Crippen LogP contribution is 2.17. The molecule has 0 atom stereocenters. The SMILES string of the molecule is CCOCCOCc1ccc(F)c(Br)c1. The molecule has 0 radical (unpaired) electrons. The van der Waals surface area contributed by atoms with Crippen LogP contribution in [-0.2, 0) is 16.1 Å². The maximum atomic E-state index is 12.9. The van der Waals surface area contributed by atoms with Crippen LogP contribution in [0.5, 0.6) is 0 Å². The third-order valence-corrected chi connectivity index (χ3v) is 2.44. The van der Waals surface area contributed by atoms with E-state index in [4.69, 9.17) is 9.47 Å². The van der Waals surface area contributed by atoms with Gasteiger partial charge in [-0.25, -0.2) is 4.39 Å². The Kier molecular flexibility index (Phi) is 5.83. The van der Waals surface area contributed by atoms with Crippen molar-refractivity contribution in [2.75, 3.05) is 19.8 Å². The van der Waals surface area contributed by atoms with Crippen LogP contribution in [-0.4, -0.2) is 19.8 Å². The fraction of sp³-hybridized carbons (Fsp3) is 0.455. The Morgan fingerprint density at radius 2 is 2.00 bits per heavy atom. The lowest BCUT2D eigenvalue weighted by molar-refractivity contribution is 0.0452. The summed E-state index contributed by atoms with van der Waals surface area (Å²) in [5.74, 6) is -0.256. The summed E-state index contributed by atoms with van der Waals surface area (Å²) in [6.07, 6.45) is 0. The lowest BCUT2D eigenvalue weighted by atomic mass is 10.2. The number of halogens is 2.